The molecule has 0 spiro atoms. The normalized spacial score (nSPS) is 17.2. The third-order valence-corrected chi connectivity index (χ3v) is 5.18. The van der Waals surface area contributed by atoms with Crippen LogP contribution in [0.2, 0.25) is 0 Å². The summed E-state index contributed by atoms with van der Waals surface area (Å²) in [7, 11) is 0. The topological polar surface area (TPSA) is 160 Å². The Bertz CT molecular complexity index is 1130. The standard InChI is InChI=1S/C23H24N2O9/c1-2-34-18-13-14(6-7-17(18)27)20-19(21(28)15-4-3-5-16(12-15)25(31)32)22(29)23(30)24(20)8-10-33-11-9-26/h3-7,12-13,20,26-28H,2,8-11H2,1H3. The van der Waals surface area contributed by atoms with Crippen molar-refractivity contribution in [3.63, 3.8) is 0 Å². The van der Waals surface area contributed by atoms with E-state index >= 15 is 0 Å². The van der Waals surface area contributed by atoms with E-state index in [4.69, 9.17) is 14.6 Å². The van der Waals surface area contributed by atoms with Gasteiger partial charge in [-0.3, -0.25) is 19.7 Å². The van der Waals surface area contributed by atoms with E-state index in [1.54, 1.807) is 6.92 Å². The number of carbonyl (C=O) groups excluding carboxylic acids is 2. The molecule has 1 aliphatic heterocycles. The van der Waals surface area contributed by atoms with Gasteiger partial charge in [-0.2, -0.15) is 0 Å². The number of nitrogens with zero attached hydrogens (tertiary/aromatic N) is 2. The SMILES string of the molecule is CCOc1cc(C2C(=C(O)c3cccc([N+](=O)[O-])c3)C(=O)C(=O)N2CCOCCO)ccc1O. The average molecular weight is 472 g/mol. The van der Waals surface area contributed by atoms with Crippen LogP contribution < -0.4 is 4.74 Å². The van der Waals surface area contributed by atoms with Crippen LogP contribution in [-0.2, 0) is 14.3 Å². The minimum Gasteiger partial charge on any atom is -0.507 e. The Labute approximate surface area is 194 Å². The Balaban J connectivity index is 2.14. The van der Waals surface area contributed by atoms with Gasteiger partial charge in [-0.1, -0.05) is 18.2 Å². The number of benzene rings is 2. The van der Waals surface area contributed by atoms with Crippen molar-refractivity contribution in [1.29, 1.82) is 0 Å². The summed E-state index contributed by atoms with van der Waals surface area (Å²) in [6.07, 6.45) is 0. The molecule has 2 aromatic rings. The van der Waals surface area contributed by atoms with Crippen molar-refractivity contribution in [2.45, 2.75) is 13.0 Å². The maximum Gasteiger partial charge on any atom is 0.295 e. The molecule has 0 aliphatic carbocycles. The second kappa shape index (κ2) is 10.8. The molecule has 1 fully saturated rings. The molecule has 34 heavy (non-hydrogen) atoms. The molecule has 3 N–H and O–H groups in total. The summed E-state index contributed by atoms with van der Waals surface area (Å²) >= 11 is 0. The third kappa shape index (κ3) is 5.00. The predicted molar refractivity (Wildman–Crippen MR) is 119 cm³/mol. The summed E-state index contributed by atoms with van der Waals surface area (Å²) in [5.41, 5.74) is -0.191. The van der Waals surface area contributed by atoms with E-state index in [1.165, 1.54) is 41.3 Å². The van der Waals surface area contributed by atoms with Crippen LogP contribution in [0, 0.1) is 10.1 Å². The molecule has 1 saturated heterocycles. The first-order valence-corrected chi connectivity index (χ1v) is 10.5. The van der Waals surface area contributed by atoms with Gasteiger partial charge in [-0.15, -0.1) is 0 Å². The molecular formula is C23H24N2O9. The van der Waals surface area contributed by atoms with E-state index in [-0.39, 0.29) is 61.3 Å². The molecule has 11 heteroatoms. The van der Waals surface area contributed by atoms with Gasteiger partial charge >= 0.3 is 0 Å². The van der Waals surface area contributed by atoms with Crippen LogP contribution in [0.5, 0.6) is 11.5 Å². The number of rotatable bonds is 10. The van der Waals surface area contributed by atoms with Gasteiger partial charge in [0.15, 0.2) is 11.5 Å². The van der Waals surface area contributed by atoms with Crippen LogP contribution in [0.15, 0.2) is 48.0 Å². The minimum absolute atomic E-state index is 0.00228. The number of carbonyl (C=O) groups is 2. The average Bonchev–Trinajstić information content (AvgIpc) is 3.08. The molecule has 0 aromatic heterocycles. The fourth-order valence-corrected chi connectivity index (χ4v) is 3.68. The highest BCUT2D eigenvalue weighted by Gasteiger charge is 2.46. The number of non-ortho nitro benzene ring substituents is 1. The maximum absolute atomic E-state index is 13.0. The van der Waals surface area contributed by atoms with E-state index in [0.29, 0.717) is 5.56 Å². The fourth-order valence-electron chi connectivity index (χ4n) is 3.68. The number of Topliss-reactive ketones (excluding diaryl/α,β-unsaturated/α-hetero) is 1. The Morgan fingerprint density at radius 3 is 2.62 bits per heavy atom. The Kier molecular flexibility index (Phi) is 7.82. The summed E-state index contributed by atoms with van der Waals surface area (Å²) in [4.78, 5) is 37.6. The van der Waals surface area contributed by atoms with Crippen molar-refractivity contribution < 1.29 is 39.3 Å². The highest BCUT2D eigenvalue weighted by molar-refractivity contribution is 6.46. The molecule has 1 amide bonds. The lowest BCUT2D eigenvalue weighted by atomic mass is 9.95. The number of hydrogen-bond donors (Lipinski definition) is 3. The van der Waals surface area contributed by atoms with Crippen molar-refractivity contribution in [3.05, 3.63) is 69.3 Å². The molecule has 1 aliphatic rings. The van der Waals surface area contributed by atoms with Crippen molar-refractivity contribution >= 4 is 23.1 Å². The Morgan fingerprint density at radius 2 is 1.94 bits per heavy atom. The van der Waals surface area contributed by atoms with Crippen molar-refractivity contribution in [1.82, 2.24) is 4.90 Å². The van der Waals surface area contributed by atoms with E-state index in [1.807, 2.05) is 0 Å². The number of phenolic OH excluding ortho intramolecular Hbond substituents is 1. The van der Waals surface area contributed by atoms with Crippen LogP contribution >= 0.6 is 0 Å². The third-order valence-electron chi connectivity index (χ3n) is 5.18. The number of nitro benzene ring substituents is 1. The van der Waals surface area contributed by atoms with E-state index in [0.717, 1.165) is 6.07 Å². The lowest BCUT2D eigenvalue weighted by molar-refractivity contribution is -0.384. The van der Waals surface area contributed by atoms with Crippen molar-refractivity contribution in [2.24, 2.45) is 0 Å². The summed E-state index contributed by atoms with van der Waals surface area (Å²) < 4.78 is 10.7. The zero-order valence-electron chi connectivity index (χ0n) is 18.3. The fraction of sp³-hybridized carbons (Fsp3) is 0.304. The quantitative estimate of drug-likeness (QED) is 0.118. The van der Waals surface area contributed by atoms with Gasteiger partial charge < -0.3 is 29.7 Å². The maximum atomic E-state index is 13.0. The van der Waals surface area contributed by atoms with Crippen LogP contribution in [-0.4, -0.2) is 69.8 Å². The number of amides is 1. The Morgan fingerprint density at radius 1 is 1.18 bits per heavy atom. The molecular weight excluding hydrogens is 448 g/mol. The number of ether oxygens (including phenoxy) is 2. The van der Waals surface area contributed by atoms with E-state index in [2.05, 4.69) is 0 Å². The molecule has 180 valence electrons. The van der Waals surface area contributed by atoms with E-state index < -0.39 is 28.4 Å². The van der Waals surface area contributed by atoms with Crippen molar-refractivity contribution in [2.75, 3.05) is 33.0 Å². The molecule has 3 rings (SSSR count). The summed E-state index contributed by atoms with van der Waals surface area (Å²) in [6, 6.07) is 8.29. The second-order valence-corrected chi connectivity index (χ2v) is 7.30. The molecule has 0 bridgehead atoms. The summed E-state index contributed by atoms with van der Waals surface area (Å²) in [5.74, 6) is -2.46. The predicted octanol–water partition coefficient (Wildman–Crippen LogP) is 2.13. The lowest BCUT2D eigenvalue weighted by Crippen LogP contribution is -2.33. The number of aromatic hydroxyl groups is 1. The zero-order valence-corrected chi connectivity index (χ0v) is 18.3. The van der Waals surface area contributed by atoms with Crippen LogP contribution in [0.3, 0.4) is 0 Å². The Hall–Kier alpha value is -3.96. The number of aliphatic hydroxyl groups excluding tert-OH is 2. The minimum atomic E-state index is -1.07. The molecule has 1 unspecified atom stereocenters. The van der Waals surface area contributed by atoms with Crippen LogP contribution in [0.4, 0.5) is 5.69 Å². The molecule has 2 aromatic carbocycles. The van der Waals surface area contributed by atoms with Gasteiger partial charge in [0.2, 0.25) is 0 Å². The number of aliphatic hydroxyl groups is 2. The van der Waals surface area contributed by atoms with Gasteiger partial charge in [-0.05, 0) is 24.6 Å². The first kappa shape index (κ1) is 24.7. The van der Waals surface area contributed by atoms with Gasteiger partial charge in [0.05, 0.1) is 43.0 Å². The smallest absolute Gasteiger partial charge is 0.295 e. The molecule has 11 nitrogen and oxygen atoms in total. The van der Waals surface area contributed by atoms with Crippen LogP contribution in [0.25, 0.3) is 5.76 Å². The molecule has 0 radical (unpaired) electrons. The summed E-state index contributed by atoms with van der Waals surface area (Å²) in [5, 5.41) is 41.2. The van der Waals surface area contributed by atoms with Crippen LogP contribution in [0.1, 0.15) is 24.1 Å². The van der Waals surface area contributed by atoms with Gasteiger partial charge in [-0.25, -0.2) is 0 Å². The second-order valence-electron chi connectivity index (χ2n) is 7.30. The monoisotopic (exact) mass is 472 g/mol. The molecule has 1 heterocycles. The highest BCUT2D eigenvalue weighted by Crippen LogP contribution is 2.41. The van der Waals surface area contributed by atoms with Gasteiger partial charge in [0.25, 0.3) is 17.4 Å². The van der Waals surface area contributed by atoms with Crippen molar-refractivity contribution in [3.8, 4) is 11.5 Å². The molecule has 1 atom stereocenters. The summed E-state index contributed by atoms with van der Waals surface area (Å²) in [6.45, 7) is 1.77. The lowest BCUT2D eigenvalue weighted by Gasteiger charge is -2.25. The number of hydrogen-bond acceptors (Lipinski definition) is 9. The number of nitro groups is 1. The first-order valence-electron chi connectivity index (χ1n) is 10.5. The van der Waals surface area contributed by atoms with E-state index in [9.17, 15) is 29.9 Å². The van der Waals surface area contributed by atoms with Gasteiger partial charge in [0, 0.05) is 24.2 Å². The first-order chi connectivity index (χ1) is 16.3. The largest absolute Gasteiger partial charge is 0.507 e. The number of likely N-dealkylation sites (tertiary alicyclic amines) is 1. The zero-order chi connectivity index (χ0) is 24.8. The molecule has 0 saturated carbocycles. The number of ketones is 1. The highest BCUT2D eigenvalue weighted by atomic mass is 16.6. The number of phenols is 1. The van der Waals surface area contributed by atoms with Gasteiger partial charge in [0.1, 0.15) is 5.76 Å².